The quantitative estimate of drug-likeness (QED) is 0.902. The third kappa shape index (κ3) is 3.08. The Bertz CT molecular complexity index is 632. The van der Waals surface area contributed by atoms with Crippen molar-refractivity contribution in [2.45, 2.75) is 13.0 Å². The zero-order chi connectivity index (χ0) is 13.8. The van der Waals surface area contributed by atoms with Crippen molar-refractivity contribution >= 4 is 5.69 Å². The topological polar surface area (TPSA) is 35.8 Å². The second-order valence-corrected chi connectivity index (χ2v) is 4.23. The Labute approximate surface area is 110 Å². The van der Waals surface area contributed by atoms with E-state index in [2.05, 4.69) is 5.32 Å². The summed E-state index contributed by atoms with van der Waals surface area (Å²) < 4.78 is 26.0. The molecule has 0 aromatic heterocycles. The number of nitriles is 1. The van der Waals surface area contributed by atoms with Crippen LogP contribution in [0.2, 0.25) is 0 Å². The third-order valence-electron chi connectivity index (χ3n) is 2.82. The molecule has 2 aromatic rings. The molecule has 0 amide bonds. The molecule has 0 spiro atoms. The number of halogens is 2. The molecule has 19 heavy (non-hydrogen) atoms. The third-order valence-corrected chi connectivity index (χ3v) is 2.82. The molecular weight excluding hydrogens is 246 g/mol. The summed E-state index contributed by atoms with van der Waals surface area (Å²) in [6.45, 7) is 1.84. The second kappa shape index (κ2) is 5.49. The van der Waals surface area contributed by atoms with E-state index >= 15 is 0 Å². The Balaban J connectivity index is 2.18. The molecule has 0 aliphatic carbocycles. The van der Waals surface area contributed by atoms with Gasteiger partial charge in [-0.05, 0) is 42.8 Å². The van der Waals surface area contributed by atoms with Crippen LogP contribution >= 0.6 is 0 Å². The van der Waals surface area contributed by atoms with Crippen molar-refractivity contribution in [2.75, 3.05) is 5.32 Å². The Hall–Kier alpha value is -2.41. The maximum Gasteiger partial charge on any atom is 0.159 e. The number of nitrogens with zero attached hydrogens (tertiary/aromatic N) is 1. The summed E-state index contributed by atoms with van der Waals surface area (Å²) in [5.41, 5.74) is 1.94. The lowest BCUT2D eigenvalue weighted by molar-refractivity contribution is 0.506. The zero-order valence-electron chi connectivity index (χ0n) is 10.3. The first-order valence-electron chi connectivity index (χ1n) is 5.82. The molecule has 1 atom stereocenters. The second-order valence-electron chi connectivity index (χ2n) is 4.23. The van der Waals surface area contributed by atoms with Crippen LogP contribution in [0.3, 0.4) is 0 Å². The molecule has 2 nitrogen and oxygen atoms in total. The van der Waals surface area contributed by atoms with Gasteiger partial charge in [-0.3, -0.25) is 0 Å². The van der Waals surface area contributed by atoms with Gasteiger partial charge in [0.15, 0.2) is 11.6 Å². The van der Waals surface area contributed by atoms with E-state index in [-0.39, 0.29) is 6.04 Å². The molecule has 96 valence electrons. The average Bonchev–Trinajstić information content (AvgIpc) is 2.42. The molecule has 1 N–H and O–H groups in total. The van der Waals surface area contributed by atoms with E-state index in [1.807, 2.05) is 19.1 Å². The van der Waals surface area contributed by atoms with Gasteiger partial charge in [-0.1, -0.05) is 12.1 Å². The number of nitrogens with one attached hydrogen (secondary N) is 1. The highest BCUT2D eigenvalue weighted by atomic mass is 19.2. The Morgan fingerprint density at radius 2 is 1.89 bits per heavy atom. The van der Waals surface area contributed by atoms with Crippen molar-refractivity contribution in [3.8, 4) is 6.07 Å². The van der Waals surface area contributed by atoms with Crippen molar-refractivity contribution in [2.24, 2.45) is 0 Å². The maximum atomic E-state index is 13.2. The highest BCUT2D eigenvalue weighted by Gasteiger charge is 2.09. The summed E-state index contributed by atoms with van der Waals surface area (Å²) in [7, 11) is 0. The van der Waals surface area contributed by atoms with Crippen LogP contribution in [0.15, 0.2) is 42.5 Å². The van der Waals surface area contributed by atoms with Crippen LogP contribution in [0.4, 0.5) is 14.5 Å². The number of benzene rings is 2. The Morgan fingerprint density at radius 1 is 1.11 bits per heavy atom. The summed E-state index contributed by atoms with van der Waals surface area (Å²) >= 11 is 0. The number of rotatable bonds is 3. The number of hydrogen-bond donors (Lipinski definition) is 1. The molecular formula is C15H12F2N2. The number of hydrogen-bond acceptors (Lipinski definition) is 2. The molecule has 0 saturated heterocycles. The lowest BCUT2D eigenvalue weighted by Gasteiger charge is -2.16. The van der Waals surface area contributed by atoms with E-state index in [1.165, 1.54) is 12.1 Å². The van der Waals surface area contributed by atoms with Gasteiger partial charge in [-0.15, -0.1) is 0 Å². The highest BCUT2D eigenvalue weighted by molar-refractivity contribution is 5.50. The average molecular weight is 258 g/mol. The molecule has 0 aliphatic rings. The fraction of sp³-hybridized carbons (Fsp3) is 0.133. The summed E-state index contributed by atoms with van der Waals surface area (Å²) in [5.74, 6) is -1.72. The summed E-state index contributed by atoms with van der Waals surface area (Å²) in [6.07, 6.45) is 0. The first-order chi connectivity index (χ1) is 9.10. The summed E-state index contributed by atoms with van der Waals surface area (Å²) in [6, 6.07) is 12.6. The van der Waals surface area contributed by atoms with Crippen molar-refractivity contribution in [1.82, 2.24) is 0 Å². The van der Waals surface area contributed by atoms with E-state index in [0.29, 0.717) is 11.1 Å². The minimum atomic E-state index is -0.864. The van der Waals surface area contributed by atoms with Gasteiger partial charge in [0.1, 0.15) is 0 Å². The molecule has 0 aliphatic heterocycles. The van der Waals surface area contributed by atoms with Gasteiger partial charge in [0.05, 0.1) is 11.6 Å². The van der Waals surface area contributed by atoms with Gasteiger partial charge in [-0.2, -0.15) is 5.26 Å². The van der Waals surface area contributed by atoms with E-state index in [4.69, 9.17) is 5.26 Å². The molecule has 0 fully saturated rings. The molecule has 1 unspecified atom stereocenters. The van der Waals surface area contributed by atoms with Gasteiger partial charge < -0.3 is 5.32 Å². The maximum absolute atomic E-state index is 13.2. The normalized spacial score (nSPS) is 11.7. The van der Waals surface area contributed by atoms with Gasteiger partial charge in [0.25, 0.3) is 0 Å². The molecule has 0 bridgehead atoms. The summed E-state index contributed by atoms with van der Waals surface area (Å²) in [4.78, 5) is 0. The lowest BCUT2D eigenvalue weighted by Crippen LogP contribution is -2.07. The lowest BCUT2D eigenvalue weighted by atomic mass is 10.1. The van der Waals surface area contributed by atoms with Crippen LogP contribution in [0, 0.1) is 23.0 Å². The van der Waals surface area contributed by atoms with E-state index in [1.54, 1.807) is 18.2 Å². The van der Waals surface area contributed by atoms with Crippen LogP contribution in [-0.4, -0.2) is 0 Å². The predicted octanol–water partition coefficient (Wildman–Crippen LogP) is 4.01. The van der Waals surface area contributed by atoms with E-state index < -0.39 is 11.6 Å². The standard InChI is InChI=1S/C15H12F2N2/c1-10(12-5-6-14(16)15(17)8-12)19-13-4-2-3-11(7-13)9-18/h2-8,10,19H,1H3. The zero-order valence-corrected chi connectivity index (χ0v) is 10.3. The molecule has 2 rings (SSSR count). The van der Waals surface area contributed by atoms with Crippen molar-refractivity contribution in [3.63, 3.8) is 0 Å². The van der Waals surface area contributed by atoms with Crippen LogP contribution in [0.1, 0.15) is 24.1 Å². The molecule has 4 heteroatoms. The molecule has 0 heterocycles. The van der Waals surface area contributed by atoms with Gasteiger partial charge >= 0.3 is 0 Å². The van der Waals surface area contributed by atoms with Crippen LogP contribution in [0.25, 0.3) is 0 Å². The highest BCUT2D eigenvalue weighted by Crippen LogP contribution is 2.21. The summed E-state index contributed by atoms with van der Waals surface area (Å²) in [5, 5.41) is 12.0. The predicted molar refractivity (Wildman–Crippen MR) is 69.6 cm³/mol. The van der Waals surface area contributed by atoms with Gasteiger partial charge in [0.2, 0.25) is 0 Å². The Morgan fingerprint density at radius 3 is 2.58 bits per heavy atom. The first-order valence-corrected chi connectivity index (χ1v) is 5.82. The van der Waals surface area contributed by atoms with Crippen LogP contribution in [-0.2, 0) is 0 Å². The fourth-order valence-electron chi connectivity index (χ4n) is 1.79. The van der Waals surface area contributed by atoms with E-state index in [0.717, 1.165) is 11.8 Å². The van der Waals surface area contributed by atoms with E-state index in [9.17, 15) is 8.78 Å². The van der Waals surface area contributed by atoms with Gasteiger partial charge in [0, 0.05) is 11.7 Å². The van der Waals surface area contributed by atoms with Crippen molar-refractivity contribution < 1.29 is 8.78 Å². The smallest absolute Gasteiger partial charge is 0.159 e. The minimum Gasteiger partial charge on any atom is -0.378 e. The Kier molecular flexibility index (Phi) is 3.76. The fourth-order valence-corrected chi connectivity index (χ4v) is 1.79. The number of anilines is 1. The first kappa shape index (κ1) is 13.0. The van der Waals surface area contributed by atoms with Crippen molar-refractivity contribution in [3.05, 3.63) is 65.2 Å². The molecule has 0 saturated carbocycles. The monoisotopic (exact) mass is 258 g/mol. The van der Waals surface area contributed by atoms with Crippen LogP contribution < -0.4 is 5.32 Å². The van der Waals surface area contributed by atoms with Crippen molar-refractivity contribution in [1.29, 1.82) is 5.26 Å². The molecule has 2 aromatic carbocycles. The minimum absolute atomic E-state index is 0.191. The SMILES string of the molecule is CC(Nc1cccc(C#N)c1)c1ccc(F)c(F)c1. The van der Waals surface area contributed by atoms with Gasteiger partial charge in [-0.25, -0.2) is 8.78 Å². The largest absolute Gasteiger partial charge is 0.378 e. The molecule has 0 radical (unpaired) electrons. The van der Waals surface area contributed by atoms with Crippen LogP contribution in [0.5, 0.6) is 0 Å².